The fourth-order valence-electron chi connectivity index (χ4n) is 6.34. The van der Waals surface area contributed by atoms with E-state index in [0.29, 0.717) is 44.8 Å². The monoisotopic (exact) mass is 533 g/mol. The lowest BCUT2D eigenvalue weighted by atomic mass is 9.96. The van der Waals surface area contributed by atoms with Gasteiger partial charge in [-0.1, -0.05) is 12.1 Å². The maximum atomic E-state index is 13.5. The zero-order valence-corrected chi connectivity index (χ0v) is 22.2. The first-order chi connectivity index (χ1) is 18.3. The van der Waals surface area contributed by atoms with E-state index in [1.54, 1.807) is 23.1 Å². The maximum absolute atomic E-state index is 13.5. The smallest absolute Gasteiger partial charge is 0.243 e. The Balaban J connectivity index is 1.05. The number of benzene rings is 2. The number of rotatable bonds is 4. The summed E-state index contributed by atoms with van der Waals surface area (Å²) in [7, 11) is -3.69. The average Bonchev–Trinajstić information content (AvgIpc) is 3.48. The molecule has 1 atom stereocenters. The fourth-order valence-corrected chi connectivity index (χ4v) is 7.86. The third kappa shape index (κ3) is 3.68. The molecule has 9 nitrogen and oxygen atoms in total. The topological polar surface area (TPSA) is 95.8 Å². The third-order valence-corrected chi connectivity index (χ3v) is 10.5. The quantitative estimate of drug-likeness (QED) is 0.513. The van der Waals surface area contributed by atoms with Crippen molar-refractivity contribution in [1.29, 1.82) is 0 Å². The van der Waals surface area contributed by atoms with Crippen LogP contribution in [0, 0.1) is 11.8 Å². The van der Waals surface area contributed by atoms with Gasteiger partial charge in [0.05, 0.1) is 15.9 Å². The van der Waals surface area contributed by atoms with E-state index in [2.05, 4.69) is 9.55 Å². The molecule has 0 bridgehead atoms. The second kappa shape index (κ2) is 8.64. The maximum Gasteiger partial charge on any atom is 0.243 e. The molecule has 1 saturated heterocycles. The van der Waals surface area contributed by atoms with E-state index in [1.807, 2.05) is 36.1 Å². The van der Waals surface area contributed by atoms with Crippen LogP contribution in [-0.2, 0) is 32.6 Å². The minimum Gasteiger partial charge on any atom is -0.309 e. The minimum absolute atomic E-state index is 0.0306. The number of fused-ring (bicyclic) bond motifs is 4. The van der Waals surface area contributed by atoms with Crippen LogP contribution in [0.2, 0.25) is 0 Å². The van der Waals surface area contributed by atoms with E-state index in [-0.39, 0.29) is 34.6 Å². The summed E-state index contributed by atoms with van der Waals surface area (Å²) in [6.45, 7) is 3.95. The Morgan fingerprint density at radius 2 is 1.63 bits per heavy atom. The van der Waals surface area contributed by atoms with Gasteiger partial charge in [0.15, 0.2) is 0 Å². The molecule has 0 N–H and O–H groups in total. The fraction of sp³-hybridized carbons (Fsp3) is 0.464. The summed E-state index contributed by atoms with van der Waals surface area (Å²) in [5.74, 6) is 0.772. The van der Waals surface area contributed by atoms with Gasteiger partial charge in [-0.05, 0) is 74.9 Å². The van der Waals surface area contributed by atoms with Crippen LogP contribution in [0.15, 0.2) is 47.4 Å². The normalized spacial score (nSPS) is 22.2. The number of carbonyl (C=O) groups excluding carboxylic acids is 2. The highest BCUT2D eigenvalue weighted by Gasteiger charge is 2.41. The van der Waals surface area contributed by atoms with Crippen molar-refractivity contribution in [2.75, 3.05) is 29.4 Å². The number of sulfonamides is 1. The standard InChI is InChI=1S/C28H31N5O4S/c1-18-16-21-17-22(8-9-24(21)33(18)27(35)19-6-7-19)38(36,37)30-12-10-20(11-13-30)26(34)32-15-14-31-25-5-3-2-4-23(25)29-28(31)32/h2-5,8-9,17-20H,6-7,10-16H2,1H3/t18-/m0/s1. The number of imidazole rings is 1. The van der Waals surface area contributed by atoms with Crippen LogP contribution in [0.3, 0.4) is 0 Å². The molecular weight excluding hydrogens is 502 g/mol. The van der Waals surface area contributed by atoms with Crippen LogP contribution in [0.4, 0.5) is 11.6 Å². The van der Waals surface area contributed by atoms with E-state index in [9.17, 15) is 18.0 Å². The predicted octanol–water partition coefficient (Wildman–Crippen LogP) is 3.17. The van der Waals surface area contributed by atoms with Crippen molar-refractivity contribution in [2.45, 2.75) is 56.5 Å². The summed E-state index contributed by atoms with van der Waals surface area (Å²) in [4.78, 5) is 34.8. The highest BCUT2D eigenvalue weighted by Crippen LogP contribution is 2.40. The molecule has 3 aliphatic heterocycles. The number of hydrogen-bond acceptors (Lipinski definition) is 5. The largest absolute Gasteiger partial charge is 0.309 e. The number of amides is 2. The molecule has 0 radical (unpaired) electrons. The molecule has 0 spiro atoms. The lowest BCUT2D eigenvalue weighted by Gasteiger charge is -2.32. The lowest BCUT2D eigenvalue weighted by molar-refractivity contribution is -0.123. The molecule has 2 aromatic carbocycles. The summed E-state index contributed by atoms with van der Waals surface area (Å²) in [5, 5.41) is 0. The van der Waals surface area contributed by atoms with Crippen LogP contribution in [-0.4, -0.2) is 59.8 Å². The first-order valence-electron chi connectivity index (χ1n) is 13.6. The number of nitrogens with zero attached hydrogens (tertiary/aromatic N) is 5. The number of piperidine rings is 1. The zero-order valence-electron chi connectivity index (χ0n) is 21.4. The first kappa shape index (κ1) is 23.8. The predicted molar refractivity (Wildman–Crippen MR) is 143 cm³/mol. The van der Waals surface area contributed by atoms with E-state index >= 15 is 0 Å². The van der Waals surface area contributed by atoms with Crippen molar-refractivity contribution in [3.05, 3.63) is 48.0 Å². The van der Waals surface area contributed by atoms with Gasteiger partial charge in [-0.3, -0.25) is 14.5 Å². The molecule has 4 heterocycles. The van der Waals surface area contributed by atoms with Crippen LogP contribution in [0.25, 0.3) is 11.0 Å². The Bertz CT molecular complexity index is 1570. The van der Waals surface area contributed by atoms with Crippen molar-refractivity contribution >= 4 is 44.5 Å². The summed E-state index contributed by atoms with van der Waals surface area (Å²) in [6.07, 6.45) is 3.52. The lowest BCUT2D eigenvalue weighted by Crippen LogP contribution is -2.44. The summed E-state index contributed by atoms with van der Waals surface area (Å²) < 4.78 is 30.7. The highest BCUT2D eigenvalue weighted by atomic mass is 32.2. The summed E-state index contributed by atoms with van der Waals surface area (Å²) >= 11 is 0. The molecule has 0 unspecified atom stereocenters. The summed E-state index contributed by atoms with van der Waals surface area (Å²) in [6, 6.07) is 13.1. The van der Waals surface area contributed by atoms with Crippen molar-refractivity contribution in [2.24, 2.45) is 11.8 Å². The molecule has 4 aliphatic rings. The number of anilines is 2. The van der Waals surface area contributed by atoms with Gasteiger partial charge >= 0.3 is 0 Å². The average molecular weight is 534 g/mol. The third-order valence-electron chi connectivity index (χ3n) is 8.56. The van der Waals surface area contributed by atoms with Gasteiger partial charge in [0.25, 0.3) is 0 Å². The van der Waals surface area contributed by atoms with Crippen LogP contribution in [0.5, 0.6) is 0 Å². The second-order valence-electron chi connectivity index (χ2n) is 11.0. The SMILES string of the molecule is C[C@H]1Cc2cc(S(=O)(=O)N3CCC(C(=O)N4CCn5c4nc4ccccc45)CC3)ccc2N1C(=O)C1CC1. The van der Waals surface area contributed by atoms with Gasteiger partial charge < -0.3 is 9.47 Å². The molecule has 1 aromatic heterocycles. The Morgan fingerprint density at radius 3 is 2.39 bits per heavy atom. The van der Waals surface area contributed by atoms with E-state index < -0.39 is 10.0 Å². The molecule has 198 valence electrons. The molecule has 10 heteroatoms. The number of para-hydroxylation sites is 2. The molecule has 7 rings (SSSR count). The zero-order chi connectivity index (χ0) is 26.2. The number of aromatic nitrogens is 2. The van der Waals surface area contributed by atoms with Crippen LogP contribution in [0.1, 0.15) is 38.2 Å². The molecule has 2 fully saturated rings. The van der Waals surface area contributed by atoms with Crippen LogP contribution < -0.4 is 9.80 Å². The molecule has 1 saturated carbocycles. The Morgan fingerprint density at radius 1 is 0.895 bits per heavy atom. The molecule has 1 aliphatic carbocycles. The minimum atomic E-state index is -3.69. The van der Waals surface area contributed by atoms with Gasteiger partial charge in [-0.2, -0.15) is 4.31 Å². The molecule has 2 amide bonds. The van der Waals surface area contributed by atoms with Crippen molar-refractivity contribution in [3.63, 3.8) is 0 Å². The van der Waals surface area contributed by atoms with Gasteiger partial charge in [0.2, 0.25) is 27.8 Å². The van der Waals surface area contributed by atoms with Gasteiger partial charge in [-0.25, -0.2) is 13.4 Å². The molecule has 3 aromatic rings. The van der Waals surface area contributed by atoms with Crippen molar-refractivity contribution in [1.82, 2.24) is 13.9 Å². The second-order valence-corrected chi connectivity index (χ2v) is 13.0. The Hall–Kier alpha value is -3.24. The van der Waals surface area contributed by atoms with Gasteiger partial charge in [0.1, 0.15) is 0 Å². The molecular formula is C28H31N5O4S. The van der Waals surface area contributed by atoms with E-state index in [1.165, 1.54) is 4.31 Å². The van der Waals surface area contributed by atoms with Gasteiger partial charge in [0, 0.05) is 49.7 Å². The van der Waals surface area contributed by atoms with Crippen LogP contribution >= 0.6 is 0 Å². The van der Waals surface area contributed by atoms with E-state index in [4.69, 9.17) is 0 Å². The summed E-state index contributed by atoms with van der Waals surface area (Å²) in [5.41, 5.74) is 3.66. The van der Waals surface area contributed by atoms with Gasteiger partial charge in [-0.15, -0.1) is 0 Å². The first-order valence-corrected chi connectivity index (χ1v) is 15.0. The number of carbonyl (C=O) groups is 2. The Labute approximate surface area is 222 Å². The highest BCUT2D eigenvalue weighted by molar-refractivity contribution is 7.89. The van der Waals surface area contributed by atoms with E-state index in [0.717, 1.165) is 41.7 Å². The van der Waals surface area contributed by atoms with Crippen molar-refractivity contribution < 1.29 is 18.0 Å². The number of hydrogen-bond donors (Lipinski definition) is 0. The molecule has 38 heavy (non-hydrogen) atoms. The Kier molecular flexibility index (Phi) is 5.42. The van der Waals surface area contributed by atoms with Crippen molar-refractivity contribution in [3.8, 4) is 0 Å².